The van der Waals surface area contributed by atoms with Crippen molar-refractivity contribution in [3.63, 3.8) is 0 Å². The first-order valence-corrected chi connectivity index (χ1v) is 13.2. The van der Waals surface area contributed by atoms with E-state index in [1.54, 1.807) is 30.2 Å². The fraction of sp³-hybridized carbons (Fsp3) is 0.320. The molecule has 34 heavy (non-hydrogen) atoms. The number of hydrogen-bond acceptors (Lipinski definition) is 4. The molecule has 182 valence electrons. The number of sulfonamides is 1. The smallest absolute Gasteiger partial charge is 0.245 e. The number of furan rings is 1. The van der Waals surface area contributed by atoms with Gasteiger partial charge in [0.05, 0.1) is 24.4 Å². The zero-order chi connectivity index (χ0) is 24.7. The maximum absolute atomic E-state index is 13.6. The largest absolute Gasteiger partial charge is 0.467 e. The van der Waals surface area contributed by atoms with E-state index in [4.69, 9.17) is 27.6 Å². The third-order valence-electron chi connectivity index (χ3n) is 5.65. The van der Waals surface area contributed by atoms with Crippen molar-refractivity contribution in [3.05, 3.63) is 88.3 Å². The summed E-state index contributed by atoms with van der Waals surface area (Å²) in [5.74, 6) is 0.298. The first kappa shape index (κ1) is 26.3. The van der Waals surface area contributed by atoms with Gasteiger partial charge in [-0.2, -0.15) is 4.31 Å². The van der Waals surface area contributed by atoms with Crippen LogP contribution < -0.4 is 0 Å². The summed E-state index contributed by atoms with van der Waals surface area (Å²) >= 11 is 12.3. The lowest BCUT2D eigenvalue weighted by atomic mass is 10.1. The Balaban J connectivity index is 1.87. The highest BCUT2D eigenvalue weighted by molar-refractivity contribution is 7.89. The zero-order valence-corrected chi connectivity index (χ0v) is 21.5. The summed E-state index contributed by atoms with van der Waals surface area (Å²) in [7, 11) is -4.08. The van der Waals surface area contributed by atoms with Gasteiger partial charge in [0.2, 0.25) is 15.9 Å². The summed E-state index contributed by atoms with van der Waals surface area (Å²) in [5.41, 5.74) is 1.08. The van der Waals surface area contributed by atoms with Gasteiger partial charge in [0, 0.05) is 17.6 Å². The molecule has 2 aromatic carbocycles. The highest BCUT2D eigenvalue weighted by atomic mass is 35.5. The lowest BCUT2D eigenvalue weighted by Crippen LogP contribution is -2.46. The van der Waals surface area contributed by atoms with E-state index < -0.39 is 16.1 Å². The average molecular weight is 523 g/mol. The number of nitrogens with zero attached hydrogens (tertiary/aromatic N) is 2. The summed E-state index contributed by atoms with van der Waals surface area (Å²) in [6.07, 6.45) is 2.70. The van der Waals surface area contributed by atoms with Gasteiger partial charge in [-0.3, -0.25) is 4.79 Å². The highest BCUT2D eigenvalue weighted by Crippen LogP contribution is 2.29. The third-order valence-corrected chi connectivity index (χ3v) is 8.32. The van der Waals surface area contributed by atoms with Crippen LogP contribution in [-0.2, 0) is 27.8 Å². The summed E-state index contributed by atoms with van der Waals surface area (Å²) in [6, 6.07) is 17.2. The molecule has 0 radical (unpaired) electrons. The van der Waals surface area contributed by atoms with Crippen LogP contribution in [0.4, 0.5) is 0 Å². The van der Waals surface area contributed by atoms with E-state index >= 15 is 0 Å². The quantitative estimate of drug-likeness (QED) is 0.326. The van der Waals surface area contributed by atoms with Crippen molar-refractivity contribution >= 4 is 39.1 Å². The minimum absolute atomic E-state index is 0.0571. The summed E-state index contributed by atoms with van der Waals surface area (Å²) in [5, 5.41) is 0.308. The van der Waals surface area contributed by atoms with E-state index in [9.17, 15) is 13.2 Å². The van der Waals surface area contributed by atoms with Gasteiger partial charge in [0.1, 0.15) is 10.7 Å². The minimum atomic E-state index is -4.08. The Bertz CT molecular complexity index is 1180. The fourth-order valence-corrected chi connectivity index (χ4v) is 5.90. The molecule has 1 aromatic heterocycles. The summed E-state index contributed by atoms with van der Waals surface area (Å²) in [4.78, 5) is 15.0. The number of hydrogen-bond donors (Lipinski definition) is 0. The Kier molecular flexibility index (Phi) is 9.19. The number of halogens is 2. The number of carbonyl (C=O) groups excluding carboxylic acids is 1. The predicted octanol–water partition coefficient (Wildman–Crippen LogP) is 5.65. The van der Waals surface area contributed by atoms with Crippen LogP contribution >= 0.6 is 23.2 Å². The van der Waals surface area contributed by atoms with E-state index in [1.807, 2.05) is 37.3 Å². The molecule has 0 fully saturated rings. The molecule has 3 aromatic rings. The van der Waals surface area contributed by atoms with E-state index in [-0.39, 0.29) is 33.9 Å². The van der Waals surface area contributed by atoms with Gasteiger partial charge in [0.15, 0.2) is 0 Å². The standard InChI is InChI=1S/C25H28Cl2N2O4S/c1-3-19(2)29(34(31,32)24-16-21(26)11-12-23(24)27)18-25(30)28(17-22-10-7-15-33-22)14-13-20-8-5-4-6-9-20/h4-12,15-16,19H,3,13-14,17-18H2,1-2H3. The Labute approximate surface area is 211 Å². The van der Waals surface area contributed by atoms with E-state index in [1.165, 1.54) is 22.5 Å². The monoisotopic (exact) mass is 522 g/mol. The van der Waals surface area contributed by atoms with Crippen LogP contribution in [0.15, 0.2) is 76.2 Å². The number of amides is 1. The van der Waals surface area contributed by atoms with Gasteiger partial charge >= 0.3 is 0 Å². The molecule has 1 amide bonds. The Morgan fingerprint density at radius 2 is 1.79 bits per heavy atom. The second-order valence-electron chi connectivity index (χ2n) is 8.01. The van der Waals surface area contributed by atoms with Crippen LogP contribution in [0.5, 0.6) is 0 Å². The SMILES string of the molecule is CCC(C)N(CC(=O)N(CCc1ccccc1)Cc1ccco1)S(=O)(=O)c1cc(Cl)ccc1Cl. The predicted molar refractivity (Wildman–Crippen MR) is 134 cm³/mol. The molecule has 0 spiro atoms. The zero-order valence-electron chi connectivity index (χ0n) is 19.2. The molecule has 0 aliphatic rings. The lowest BCUT2D eigenvalue weighted by Gasteiger charge is -2.30. The summed E-state index contributed by atoms with van der Waals surface area (Å²) in [6.45, 7) is 3.97. The van der Waals surface area contributed by atoms with Crippen LogP contribution in [0, 0.1) is 0 Å². The molecular weight excluding hydrogens is 495 g/mol. The maximum Gasteiger partial charge on any atom is 0.245 e. The second-order valence-corrected chi connectivity index (χ2v) is 10.7. The molecule has 0 aliphatic heterocycles. The van der Waals surface area contributed by atoms with Gasteiger partial charge < -0.3 is 9.32 Å². The van der Waals surface area contributed by atoms with Crippen molar-refractivity contribution in [2.75, 3.05) is 13.1 Å². The molecule has 0 saturated heterocycles. The normalized spacial score (nSPS) is 12.6. The molecule has 6 nitrogen and oxygen atoms in total. The highest BCUT2D eigenvalue weighted by Gasteiger charge is 2.33. The van der Waals surface area contributed by atoms with Crippen molar-refractivity contribution in [1.82, 2.24) is 9.21 Å². The molecule has 1 heterocycles. The Morgan fingerprint density at radius 3 is 2.44 bits per heavy atom. The molecule has 0 bridgehead atoms. The van der Waals surface area contributed by atoms with Crippen LogP contribution in [0.25, 0.3) is 0 Å². The summed E-state index contributed by atoms with van der Waals surface area (Å²) < 4.78 is 33.8. The number of rotatable bonds is 11. The maximum atomic E-state index is 13.6. The number of carbonyl (C=O) groups is 1. The van der Waals surface area contributed by atoms with Crippen molar-refractivity contribution in [1.29, 1.82) is 0 Å². The molecule has 0 N–H and O–H groups in total. The van der Waals surface area contributed by atoms with E-state index in [0.717, 1.165) is 5.56 Å². The molecule has 9 heteroatoms. The van der Waals surface area contributed by atoms with Gasteiger partial charge in [-0.1, -0.05) is 60.5 Å². The number of benzene rings is 2. The second kappa shape index (κ2) is 11.9. The molecule has 1 unspecified atom stereocenters. The van der Waals surface area contributed by atoms with Crippen LogP contribution in [0.3, 0.4) is 0 Å². The van der Waals surface area contributed by atoms with Gasteiger partial charge in [-0.25, -0.2) is 8.42 Å². The molecule has 3 rings (SSSR count). The van der Waals surface area contributed by atoms with Gasteiger partial charge in [-0.05, 0) is 55.7 Å². The lowest BCUT2D eigenvalue weighted by molar-refractivity contribution is -0.132. The van der Waals surface area contributed by atoms with Crippen molar-refractivity contribution in [2.45, 2.75) is 44.2 Å². The third kappa shape index (κ3) is 6.63. The van der Waals surface area contributed by atoms with E-state index in [0.29, 0.717) is 25.1 Å². The molecule has 0 saturated carbocycles. The topological polar surface area (TPSA) is 70.8 Å². The van der Waals surface area contributed by atoms with Crippen LogP contribution in [-0.4, -0.2) is 42.7 Å². The van der Waals surface area contributed by atoms with Crippen molar-refractivity contribution in [2.24, 2.45) is 0 Å². The first-order valence-electron chi connectivity index (χ1n) is 11.0. The van der Waals surface area contributed by atoms with Crippen LogP contribution in [0.1, 0.15) is 31.6 Å². The van der Waals surface area contributed by atoms with Gasteiger partial charge in [-0.15, -0.1) is 0 Å². The molecule has 1 atom stereocenters. The average Bonchev–Trinajstić information content (AvgIpc) is 3.34. The van der Waals surface area contributed by atoms with Gasteiger partial charge in [0.25, 0.3) is 0 Å². The van der Waals surface area contributed by atoms with Crippen molar-refractivity contribution in [3.8, 4) is 0 Å². The fourth-order valence-electron chi connectivity index (χ4n) is 3.51. The minimum Gasteiger partial charge on any atom is -0.467 e. The first-order chi connectivity index (χ1) is 16.2. The molecule has 0 aliphatic carbocycles. The van der Waals surface area contributed by atoms with E-state index in [2.05, 4.69) is 0 Å². The Hall–Kier alpha value is -2.32. The van der Waals surface area contributed by atoms with Crippen LogP contribution in [0.2, 0.25) is 10.0 Å². The Morgan fingerprint density at radius 1 is 1.06 bits per heavy atom. The van der Waals surface area contributed by atoms with Crippen molar-refractivity contribution < 1.29 is 17.6 Å². The molecular formula is C25H28Cl2N2O4S.